The minimum atomic E-state index is -1.38. The molecule has 0 heterocycles. The number of rotatable bonds is 10. The Hall–Kier alpha value is -2.60. The van der Waals surface area contributed by atoms with Crippen LogP contribution in [0.2, 0.25) is 0 Å². The van der Waals surface area contributed by atoms with Gasteiger partial charge in [-0.25, -0.2) is 14.4 Å². The Balaban J connectivity index is 0.000000391. The molecule has 0 aromatic rings. The monoisotopic (exact) mass is 559 g/mol. The van der Waals surface area contributed by atoms with E-state index in [2.05, 4.69) is 15.4 Å². The van der Waals surface area contributed by atoms with E-state index in [4.69, 9.17) is 15.2 Å². The number of primary amides is 1. The lowest BCUT2D eigenvalue weighted by atomic mass is 9.80. The van der Waals surface area contributed by atoms with Gasteiger partial charge in [0, 0.05) is 0 Å². The summed E-state index contributed by atoms with van der Waals surface area (Å²) < 4.78 is 14.8. The summed E-state index contributed by atoms with van der Waals surface area (Å²) in [5, 5.41) is 24.8. The molecule has 4 atom stereocenters. The number of amides is 3. The van der Waals surface area contributed by atoms with Gasteiger partial charge in [-0.15, -0.1) is 0 Å². The molecule has 0 radical (unpaired) electrons. The summed E-state index contributed by atoms with van der Waals surface area (Å²) in [5.41, 5.74) is 3.85. The van der Waals surface area contributed by atoms with Crippen LogP contribution in [0.4, 0.5) is 9.59 Å². The first-order chi connectivity index (χ1) is 17.9. The van der Waals surface area contributed by atoms with E-state index in [1.165, 1.54) is 7.11 Å². The van der Waals surface area contributed by atoms with Crippen molar-refractivity contribution < 1.29 is 43.6 Å². The van der Waals surface area contributed by atoms with Crippen LogP contribution >= 0.6 is 0 Å². The van der Waals surface area contributed by atoms with Gasteiger partial charge < -0.3 is 40.8 Å². The summed E-state index contributed by atoms with van der Waals surface area (Å²) in [5.74, 6) is -0.728. The van der Waals surface area contributed by atoms with E-state index in [-0.39, 0.29) is 0 Å². The van der Waals surface area contributed by atoms with Crippen LogP contribution in [0, 0.1) is 11.8 Å². The molecule has 12 nitrogen and oxygen atoms in total. The van der Waals surface area contributed by atoms with Crippen LogP contribution in [-0.4, -0.2) is 76.9 Å². The maximum atomic E-state index is 11.8. The van der Waals surface area contributed by atoms with Crippen molar-refractivity contribution in [3.05, 3.63) is 0 Å². The maximum Gasteiger partial charge on any atom is 0.407 e. The van der Waals surface area contributed by atoms with Crippen molar-refractivity contribution in [1.29, 1.82) is 0 Å². The van der Waals surface area contributed by atoms with E-state index in [0.717, 1.165) is 38.5 Å². The molecule has 226 valence electrons. The number of hydrogen-bond acceptors (Lipinski definition) is 9. The Morgan fingerprint density at radius 1 is 0.769 bits per heavy atom. The highest BCUT2D eigenvalue weighted by atomic mass is 16.6. The molecule has 6 N–H and O–H groups in total. The first-order valence-electron chi connectivity index (χ1n) is 13.6. The van der Waals surface area contributed by atoms with Crippen LogP contribution in [0.5, 0.6) is 0 Å². The molecule has 2 saturated carbocycles. The normalized spacial score (nSPS) is 18.9. The zero-order chi connectivity index (χ0) is 30.0. The third-order valence-corrected chi connectivity index (χ3v) is 6.52. The van der Waals surface area contributed by atoms with E-state index in [0.29, 0.717) is 24.7 Å². The minimum Gasteiger partial charge on any atom is -0.467 e. The number of carbonyl (C=O) groups excluding carboxylic acids is 4. The largest absolute Gasteiger partial charge is 0.467 e. The average molecular weight is 560 g/mol. The number of alkyl carbamates (subject to hydrolysis) is 2. The zero-order valence-corrected chi connectivity index (χ0v) is 24.5. The fraction of sp³-hybridized carbons (Fsp3) is 0.852. The van der Waals surface area contributed by atoms with Crippen molar-refractivity contribution in [1.82, 2.24) is 10.6 Å². The number of esters is 1. The molecule has 2 rings (SSSR count). The van der Waals surface area contributed by atoms with Gasteiger partial charge in [0.2, 0.25) is 5.91 Å². The van der Waals surface area contributed by atoms with Crippen molar-refractivity contribution in [2.24, 2.45) is 17.6 Å². The number of ether oxygens (including phenoxy) is 3. The number of methoxy groups -OCH3 is 1. The van der Waals surface area contributed by atoms with E-state index >= 15 is 0 Å². The average Bonchev–Trinajstić information content (AvgIpc) is 2.73. The molecule has 0 saturated heterocycles. The van der Waals surface area contributed by atoms with Gasteiger partial charge in [-0.1, -0.05) is 38.5 Å². The molecule has 39 heavy (non-hydrogen) atoms. The van der Waals surface area contributed by atoms with Gasteiger partial charge in [0.25, 0.3) is 0 Å². The third kappa shape index (κ3) is 13.8. The summed E-state index contributed by atoms with van der Waals surface area (Å²) in [4.78, 5) is 46.0. The highest BCUT2D eigenvalue weighted by Crippen LogP contribution is 2.32. The Bertz CT molecular complexity index is 814. The van der Waals surface area contributed by atoms with E-state index < -0.39 is 59.6 Å². The molecule has 2 aliphatic rings. The first kappa shape index (κ1) is 34.4. The number of nitrogens with two attached hydrogens (primary N) is 1. The quantitative estimate of drug-likeness (QED) is 0.198. The summed E-state index contributed by atoms with van der Waals surface area (Å²) >= 11 is 0. The van der Waals surface area contributed by atoms with Crippen LogP contribution in [0.3, 0.4) is 0 Å². The summed E-state index contributed by atoms with van der Waals surface area (Å²) in [7, 11) is 1.21. The molecule has 0 bridgehead atoms. The van der Waals surface area contributed by atoms with E-state index in [1.54, 1.807) is 41.5 Å². The smallest absolute Gasteiger partial charge is 0.407 e. The van der Waals surface area contributed by atoms with Gasteiger partial charge >= 0.3 is 18.2 Å². The topological polar surface area (TPSA) is 187 Å². The molecule has 3 amide bonds. The SMILES string of the molecule is CC(C)(C)OC(=O)NC(CC1CCC1)C(O)C(N)=O.COC(=O)C(O)C(CC1CCC1)NC(=O)OC(C)(C)C. The lowest BCUT2D eigenvalue weighted by Crippen LogP contribution is -2.51. The predicted molar refractivity (Wildman–Crippen MR) is 143 cm³/mol. The van der Waals surface area contributed by atoms with Crippen LogP contribution < -0.4 is 16.4 Å². The fourth-order valence-corrected chi connectivity index (χ4v) is 4.11. The van der Waals surface area contributed by atoms with Crippen LogP contribution in [0.1, 0.15) is 92.9 Å². The van der Waals surface area contributed by atoms with Gasteiger partial charge in [0.05, 0.1) is 19.2 Å². The maximum absolute atomic E-state index is 11.8. The van der Waals surface area contributed by atoms with E-state index in [9.17, 15) is 29.4 Å². The molecule has 2 aliphatic carbocycles. The van der Waals surface area contributed by atoms with Gasteiger partial charge in [0.1, 0.15) is 11.2 Å². The number of carbonyl (C=O) groups is 4. The highest BCUT2D eigenvalue weighted by molar-refractivity contribution is 5.80. The van der Waals surface area contributed by atoms with Gasteiger partial charge in [-0.05, 0) is 66.2 Å². The molecule has 0 aliphatic heterocycles. The Labute approximate surface area is 231 Å². The third-order valence-electron chi connectivity index (χ3n) is 6.52. The molecule has 4 unspecified atom stereocenters. The van der Waals surface area contributed by atoms with Crippen molar-refractivity contribution in [2.75, 3.05) is 7.11 Å². The lowest BCUT2D eigenvalue weighted by molar-refractivity contribution is -0.152. The van der Waals surface area contributed by atoms with Crippen molar-refractivity contribution >= 4 is 24.1 Å². The van der Waals surface area contributed by atoms with Crippen LogP contribution in [-0.2, 0) is 23.8 Å². The van der Waals surface area contributed by atoms with Crippen LogP contribution in [0.15, 0.2) is 0 Å². The van der Waals surface area contributed by atoms with Crippen LogP contribution in [0.25, 0.3) is 0 Å². The number of aliphatic hydroxyl groups is 2. The Kier molecular flexibility index (Phi) is 13.5. The second-order valence-electron chi connectivity index (χ2n) is 12.4. The van der Waals surface area contributed by atoms with Crippen molar-refractivity contribution in [3.8, 4) is 0 Å². The number of aliphatic hydroxyl groups excluding tert-OH is 2. The summed E-state index contributed by atoms with van der Waals surface area (Å²) in [6.45, 7) is 10.5. The molecular weight excluding hydrogens is 510 g/mol. The zero-order valence-electron chi connectivity index (χ0n) is 24.5. The molecule has 0 spiro atoms. The second kappa shape index (κ2) is 15.3. The molecule has 12 heteroatoms. The standard InChI is InChI=1S/C14H25NO5.C13H24N2O4/c1-14(2,3)20-13(18)15-10(8-9-6-5-7-9)11(16)12(17)19-4;1-13(2,3)19-12(18)15-9(10(16)11(14)17)7-8-5-4-6-8/h9-11,16H,5-8H2,1-4H3,(H,15,18);8-10,16H,4-7H2,1-3H3,(H2,14,17)(H,15,18). The van der Waals surface area contributed by atoms with Gasteiger partial charge in [-0.2, -0.15) is 0 Å². The highest BCUT2D eigenvalue weighted by Gasteiger charge is 2.34. The Morgan fingerprint density at radius 2 is 1.13 bits per heavy atom. The van der Waals surface area contributed by atoms with Crippen molar-refractivity contribution in [3.63, 3.8) is 0 Å². The molecular formula is C27H49N3O9. The fourth-order valence-electron chi connectivity index (χ4n) is 4.11. The van der Waals surface area contributed by atoms with Gasteiger partial charge in [-0.3, -0.25) is 4.79 Å². The van der Waals surface area contributed by atoms with Gasteiger partial charge in [0.15, 0.2) is 12.2 Å². The minimum absolute atomic E-state index is 0.425. The second-order valence-corrected chi connectivity index (χ2v) is 12.4. The lowest BCUT2D eigenvalue weighted by Gasteiger charge is -2.32. The number of hydrogen-bond donors (Lipinski definition) is 5. The molecule has 0 aromatic heterocycles. The molecule has 0 aromatic carbocycles. The van der Waals surface area contributed by atoms with Crippen molar-refractivity contribution in [2.45, 2.75) is 128 Å². The first-order valence-corrected chi connectivity index (χ1v) is 13.6. The summed E-state index contributed by atoms with van der Waals surface area (Å²) in [6, 6.07) is -1.36. The Morgan fingerprint density at radius 3 is 1.38 bits per heavy atom. The van der Waals surface area contributed by atoms with E-state index in [1.807, 2.05) is 0 Å². The molecule has 2 fully saturated rings. The number of nitrogens with one attached hydrogen (secondary N) is 2. The predicted octanol–water partition coefficient (Wildman–Crippen LogP) is 2.52. The summed E-state index contributed by atoms with van der Waals surface area (Å²) in [6.07, 6.45) is 3.59.